The lowest BCUT2D eigenvalue weighted by atomic mass is 9.99. The molecule has 0 spiro atoms. The zero-order chi connectivity index (χ0) is 59.3. The third-order valence-electron chi connectivity index (χ3n) is 16.8. The molecule has 0 aliphatic carbocycles. The number of ether oxygens (including phenoxy) is 2. The smallest absolute Gasteiger partial charge is 0.220 e. The van der Waals surface area contributed by atoms with Gasteiger partial charge >= 0.3 is 0 Å². The first-order valence-electron chi connectivity index (χ1n) is 35.5. The van der Waals surface area contributed by atoms with Gasteiger partial charge in [0.1, 0.15) is 24.4 Å². The Morgan fingerprint density at radius 1 is 0.427 bits per heavy atom. The van der Waals surface area contributed by atoms with Crippen molar-refractivity contribution < 1.29 is 39.8 Å². The molecule has 9 heteroatoms. The summed E-state index contributed by atoms with van der Waals surface area (Å²) in [5, 5.41) is 54.8. The van der Waals surface area contributed by atoms with E-state index in [1.165, 1.54) is 257 Å². The number of allylic oxidation sites excluding steroid dienone is 9. The Labute approximate surface area is 506 Å². The Morgan fingerprint density at radius 3 is 1.12 bits per heavy atom. The zero-order valence-electron chi connectivity index (χ0n) is 53.8. The van der Waals surface area contributed by atoms with Crippen molar-refractivity contribution in [2.24, 2.45) is 0 Å². The van der Waals surface area contributed by atoms with Gasteiger partial charge in [0.15, 0.2) is 6.29 Å². The van der Waals surface area contributed by atoms with Crippen molar-refractivity contribution in [2.45, 2.75) is 384 Å². The summed E-state index contributed by atoms with van der Waals surface area (Å²) in [6, 6.07) is -0.807. The predicted molar refractivity (Wildman–Crippen MR) is 350 cm³/mol. The maximum atomic E-state index is 13.1. The molecule has 1 rings (SSSR count). The van der Waals surface area contributed by atoms with E-state index in [1.54, 1.807) is 6.08 Å². The predicted octanol–water partition coefficient (Wildman–Crippen LogP) is 19.4. The minimum absolute atomic E-state index is 0.172. The van der Waals surface area contributed by atoms with Crippen LogP contribution in [0.3, 0.4) is 0 Å². The standard InChI is InChI=1S/C73H135NO8/c1-3-5-7-9-11-13-15-17-19-21-23-25-27-29-31-33-34-35-37-39-41-43-45-47-49-51-53-55-57-59-61-63-69(77)74-66(65-81-73-72(80)71(79)70(78)68(64-75)82-73)67(76)62-60-58-56-54-52-50-48-46-44-42-40-38-36-32-30-28-26-24-22-20-18-16-14-12-10-8-6-4-2/h5,7,11,13,17,19,23,25,60,62,66-68,70-73,75-76,78-80H,3-4,6,8-10,12,14-16,18,20-22,24,26-59,61,63-65H2,1-2H3,(H,74,77)/b7-5-,13-11-,19-17-,25-23-,62-60+. The van der Waals surface area contributed by atoms with E-state index < -0.39 is 49.5 Å². The van der Waals surface area contributed by atoms with Crippen LogP contribution in [0.4, 0.5) is 0 Å². The second kappa shape index (κ2) is 62.0. The first kappa shape index (κ1) is 77.9. The fourth-order valence-electron chi connectivity index (χ4n) is 11.3. The van der Waals surface area contributed by atoms with Gasteiger partial charge in [-0.3, -0.25) is 4.79 Å². The molecule has 1 aliphatic rings. The van der Waals surface area contributed by atoms with Crippen LogP contribution in [-0.2, 0) is 14.3 Å². The van der Waals surface area contributed by atoms with Gasteiger partial charge < -0.3 is 40.3 Å². The Kier molecular flexibility index (Phi) is 58.9. The van der Waals surface area contributed by atoms with Crippen LogP contribution in [-0.4, -0.2) is 87.5 Å². The molecular formula is C73H135NO8. The minimum Gasteiger partial charge on any atom is -0.394 e. The Balaban J connectivity index is 2.12. The molecule has 82 heavy (non-hydrogen) atoms. The number of unbranched alkanes of at least 4 members (excludes halogenated alkanes) is 44. The van der Waals surface area contributed by atoms with Crippen LogP contribution < -0.4 is 5.32 Å². The Hall–Kier alpha value is -2.11. The van der Waals surface area contributed by atoms with Crippen LogP contribution in [0.15, 0.2) is 60.8 Å². The monoisotopic (exact) mass is 1150 g/mol. The van der Waals surface area contributed by atoms with Gasteiger partial charge in [-0.2, -0.15) is 0 Å². The molecule has 0 saturated carbocycles. The second-order valence-electron chi connectivity index (χ2n) is 24.7. The van der Waals surface area contributed by atoms with E-state index >= 15 is 0 Å². The molecule has 1 fully saturated rings. The third-order valence-corrected chi connectivity index (χ3v) is 16.8. The summed E-state index contributed by atoms with van der Waals surface area (Å²) in [5.74, 6) is -0.172. The molecule has 9 nitrogen and oxygen atoms in total. The van der Waals surface area contributed by atoms with Crippen LogP contribution in [0.1, 0.15) is 341 Å². The normalized spacial score (nSPS) is 18.6. The second-order valence-corrected chi connectivity index (χ2v) is 24.7. The Bertz CT molecular complexity index is 1480. The molecule has 1 saturated heterocycles. The highest BCUT2D eigenvalue weighted by Crippen LogP contribution is 2.23. The largest absolute Gasteiger partial charge is 0.394 e. The van der Waals surface area contributed by atoms with Crippen molar-refractivity contribution in [1.29, 1.82) is 0 Å². The number of aliphatic hydroxyl groups excluding tert-OH is 5. The zero-order valence-corrected chi connectivity index (χ0v) is 53.8. The number of hydrogen-bond acceptors (Lipinski definition) is 8. The van der Waals surface area contributed by atoms with E-state index in [0.717, 1.165) is 64.2 Å². The minimum atomic E-state index is -1.57. The number of amides is 1. The van der Waals surface area contributed by atoms with Gasteiger partial charge in [-0.15, -0.1) is 0 Å². The Morgan fingerprint density at radius 2 is 0.756 bits per heavy atom. The fraction of sp³-hybridized carbons (Fsp3) is 0.849. The maximum Gasteiger partial charge on any atom is 0.220 e. The summed E-state index contributed by atoms with van der Waals surface area (Å²) < 4.78 is 11.3. The first-order chi connectivity index (χ1) is 40.3. The highest BCUT2D eigenvalue weighted by atomic mass is 16.7. The topological polar surface area (TPSA) is 149 Å². The molecule has 7 unspecified atom stereocenters. The molecule has 7 atom stereocenters. The van der Waals surface area contributed by atoms with Gasteiger partial charge in [-0.25, -0.2) is 0 Å². The molecule has 0 aromatic carbocycles. The van der Waals surface area contributed by atoms with Crippen molar-refractivity contribution in [2.75, 3.05) is 13.2 Å². The van der Waals surface area contributed by atoms with E-state index in [-0.39, 0.29) is 12.5 Å². The molecule has 0 bridgehead atoms. The number of aliphatic hydroxyl groups is 5. The van der Waals surface area contributed by atoms with E-state index in [2.05, 4.69) is 67.8 Å². The first-order valence-corrected chi connectivity index (χ1v) is 35.5. The SMILES string of the molecule is CC/C=C\C/C=C\C/C=C\C/C=C\CCCCCCCCCCCCCCCCCCCCC(=O)NC(COC1OC(CO)C(O)C(O)C1O)C(O)/C=C/CCCCCCCCCCCCCCCCCCCCCCCCCCCC. The van der Waals surface area contributed by atoms with Gasteiger partial charge in [0.2, 0.25) is 5.91 Å². The van der Waals surface area contributed by atoms with E-state index in [1.807, 2.05) is 6.08 Å². The average molecular weight is 1150 g/mol. The highest BCUT2D eigenvalue weighted by Gasteiger charge is 2.44. The molecule has 0 radical (unpaired) electrons. The molecule has 0 aromatic rings. The van der Waals surface area contributed by atoms with Crippen molar-refractivity contribution in [3.05, 3.63) is 60.8 Å². The molecule has 1 aliphatic heterocycles. The van der Waals surface area contributed by atoms with Crippen LogP contribution in [0.25, 0.3) is 0 Å². The molecule has 6 N–H and O–H groups in total. The summed E-state index contributed by atoms with van der Waals surface area (Å²) >= 11 is 0. The number of carbonyl (C=O) groups excluding carboxylic acids is 1. The number of rotatable bonds is 62. The van der Waals surface area contributed by atoms with E-state index in [0.29, 0.717) is 6.42 Å². The van der Waals surface area contributed by atoms with Crippen LogP contribution in [0, 0.1) is 0 Å². The highest BCUT2D eigenvalue weighted by molar-refractivity contribution is 5.76. The average Bonchev–Trinajstić information content (AvgIpc) is 3.52. The summed E-state index contributed by atoms with van der Waals surface area (Å²) in [6.45, 7) is 3.71. The van der Waals surface area contributed by atoms with Crippen molar-refractivity contribution in [1.82, 2.24) is 5.32 Å². The van der Waals surface area contributed by atoms with Crippen molar-refractivity contribution >= 4 is 5.91 Å². The summed E-state index contributed by atoms with van der Waals surface area (Å²) in [4.78, 5) is 13.1. The molecule has 1 amide bonds. The van der Waals surface area contributed by atoms with Gasteiger partial charge in [0, 0.05) is 6.42 Å². The molecular weight excluding hydrogens is 1020 g/mol. The number of nitrogens with one attached hydrogen (secondary N) is 1. The lowest BCUT2D eigenvalue weighted by Gasteiger charge is -2.40. The third kappa shape index (κ3) is 50.1. The van der Waals surface area contributed by atoms with E-state index in [4.69, 9.17) is 9.47 Å². The summed E-state index contributed by atoms with van der Waals surface area (Å²) in [5.41, 5.74) is 0. The quantitative estimate of drug-likeness (QED) is 0.0261. The van der Waals surface area contributed by atoms with Crippen LogP contribution >= 0.6 is 0 Å². The van der Waals surface area contributed by atoms with Crippen LogP contribution in [0.5, 0.6) is 0 Å². The molecule has 480 valence electrons. The number of carbonyl (C=O) groups is 1. The van der Waals surface area contributed by atoms with Gasteiger partial charge in [0.25, 0.3) is 0 Å². The van der Waals surface area contributed by atoms with Gasteiger partial charge in [-0.05, 0) is 57.8 Å². The van der Waals surface area contributed by atoms with Gasteiger partial charge in [0.05, 0.1) is 25.4 Å². The number of hydrogen-bond donors (Lipinski definition) is 6. The summed E-state index contributed by atoms with van der Waals surface area (Å²) in [7, 11) is 0. The van der Waals surface area contributed by atoms with Crippen LogP contribution in [0.2, 0.25) is 0 Å². The van der Waals surface area contributed by atoms with Crippen molar-refractivity contribution in [3.63, 3.8) is 0 Å². The lowest BCUT2D eigenvalue weighted by molar-refractivity contribution is -0.302. The lowest BCUT2D eigenvalue weighted by Crippen LogP contribution is -2.60. The maximum absolute atomic E-state index is 13.1. The van der Waals surface area contributed by atoms with Crippen molar-refractivity contribution in [3.8, 4) is 0 Å². The summed E-state index contributed by atoms with van der Waals surface area (Å²) in [6.07, 6.45) is 79.0. The molecule has 1 heterocycles. The fourth-order valence-corrected chi connectivity index (χ4v) is 11.3. The van der Waals surface area contributed by atoms with Gasteiger partial charge in [-0.1, -0.05) is 338 Å². The van der Waals surface area contributed by atoms with E-state index in [9.17, 15) is 30.3 Å². The molecule has 0 aromatic heterocycles.